The molecule has 0 radical (unpaired) electrons. The van der Waals surface area contributed by atoms with Gasteiger partial charge in [0.15, 0.2) is 0 Å². The topological polar surface area (TPSA) is 0 Å². The Morgan fingerprint density at radius 3 is 1.78 bits per heavy atom. The second kappa shape index (κ2) is 1.70. The van der Waals surface area contributed by atoms with E-state index in [4.69, 9.17) is 23.2 Å². The van der Waals surface area contributed by atoms with E-state index >= 15 is 0 Å². The summed E-state index contributed by atoms with van der Waals surface area (Å²) < 4.78 is 36.2. The highest BCUT2D eigenvalue weighted by atomic mass is 35.5. The summed E-state index contributed by atoms with van der Waals surface area (Å²) in [7, 11) is 0. The lowest BCUT2D eigenvalue weighted by molar-refractivity contribution is -0.162. The van der Waals surface area contributed by atoms with Crippen LogP contribution in [-0.4, -0.2) is 16.4 Å². The van der Waals surface area contributed by atoms with Crippen LogP contribution in [0.1, 0.15) is 6.42 Å². The molecule has 9 heavy (non-hydrogen) atoms. The zero-order valence-corrected chi connectivity index (χ0v) is 5.69. The van der Waals surface area contributed by atoms with Crippen molar-refractivity contribution in [3.05, 3.63) is 0 Å². The van der Waals surface area contributed by atoms with E-state index in [9.17, 15) is 13.2 Å². The van der Waals surface area contributed by atoms with Gasteiger partial charge in [0.25, 0.3) is 11.1 Å². The lowest BCUT2D eigenvalue weighted by Gasteiger charge is -2.41. The van der Waals surface area contributed by atoms with Gasteiger partial charge in [-0.3, -0.25) is 0 Å². The molecule has 1 saturated carbocycles. The molecule has 1 fully saturated rings. The molecule has 0 spiro atoms. The van der Waals surface area contributed by atoms with Gasteiger partial charge in [0, 0.05) is 6.42 Å². The van der Waals surface area contributed by atoms with E-state index in [0.29, 0.717) is 0 Å². The number of hydrogen-bond donors (Lipinski definition) is 0. The smallest absolute Gasteiger partial charge is 0.218 e. The highest BCUT2D eigenvalue weighted by Gasteiger charge is 2.69. The molecule has 0 heterocycles. The van der Waals surface area contributed by atoms with Crippen LogP contribution in [-0.2, 0) is 0 Å². The minimum Gasteiger partial charge on any atom is -0.218 e. The summed E-state index contributed by atoms with van der Waals surface area (Å²) in [5.74, 6) is -3.44. The number of alkyl halides is 5. The van der Waals surface area contributed by atoms with Gasteiger partial charge in [-0.25, -0.2) is 13.2 Å². The van der Waals surface area contributed by atoms with Crippen LogP contribution in [0.4, 0.5) is 13.2 Å². The second-order valence-corrected chi connectivity index (χ2v) is 3.08. The molecule has 0 bridgehead atoms. The van der Waals surface area contributed by atoms with Crippen LogP contribution in [0.25, 0.3) is 0 Å². The molecule has 1 aliphatic rings. The molecule has 0 aromatic rings. The van der Waals surface area contributed by atoms with E-state index in [1.165, 1.54) is 0 Å². The van der Waals surface area contributed by atoms with Crippen molar-refractivity contribution in [2.24, 2.45) is 0 Å². The van der Waals surface area contributed by atoms with E-state index in [1.807, 2.05) is 0 Å². The standard InChI is InChI=1S/C4H3Cl2F3/c5-2-1-3(7,8)4(2,6)9/h2H,1H2/t2-,4+/m0/s1. The van der Waals surface area contributed by atoms with Crippen LogP contribution in [0.5, 0.6) is 0 Å². The van der Waals surface area contributed by atoms with Crippen molar-refractivity contribution in [2.45, 2.75) is 22.8 Å². The third-order valence-corrected chi connectivity index (χ3v) is 2.42. The third-order valence-electron chi connectivity index (χ3n) is 1.32. The molecule has 0 saturated heterocycles. The van der Waals surface area contributed by atoms with E-state index < -0.39 is 22.8 Å². The number of rotatable bonds is 0. The molecular formula is C4H3Cl2F3. The van der Waals surface area contributed by atoms with Gasteiger partial charge in [-0.1, -0.05) is 11.6 Å². The van der Waals surface area contributed by atoms with Crippen molar-refractivity contribution in [1.29, 1.82) is 0 Å². The fourth-order valence-corrected chi connectivity index (χ4v) is 1.10. The zero-order chi connectivity index (χ0) is 7.28. The fraction of sp³-hybridized carbons (Fsp3) is 1.00. The molecular weight excluding hydrogens is 176 g/mol. The minimum atomic E-state index is -3.44. The van der Waals surface area contributed by atoms with Gasteiger partial charge in [-0.05, 0) is 0 Å². The lowest BCUT2D eigenvalue weighted by Crippen LogP contribution is -2.59. The molecule has 0 unspecified atom stereocenters. The van der Waals surface area contributed by atoms with E-state index in [0.717, 1.165) is 0 Å². The van der Waals surface area contributed by atoms with Gasteiger partial charge in [-0.15, -0.1) is 11.6 Å². The van der Waals surface area contributed by atoms with Crippen LogP contribution in [0.15, 0.2) is 0 Å². The molecule has 2 atom stereocenters. The summed E-state index contributed by atoms with van der Waals surface area (Å²) in [4.78, 5) is 0. The summed E-state index contributed by atoms with van der Waals surface area (Å²) in [5, 5.41) is -4.27. The van der Waals surface area contributed by atoms with Gasteiger partial charge in [-0.2, -0.15) is 0 Å². The van der Waals surface area contributed by atoms with Crippen LogP contribution < -0.4 is 0 Å². The van der Waals surface area contributed by atoms with Crippen molar-refractivity contribution >= 4 is 23.2 Å². The van der Waals surface area contributed by atoms with Crippen molar-refractivity contribution in [3.8, 4) is 0 Å². The average Bonchev–Trinajstić information content (AvgIpc) is 1.65. The Morgan fingerprint density at radius 1 is 1.33 bits per heavy atom. The number of halogens is 5. The SMILES string of the molecule is FC1(F)C[C@H](Cl)[C@]1(F)Cl. The molecule has 0 N–H and O–H groups in total. The Labute approximate surface area is 59.9 Å². The highest BCUT2D eigenvalue weighted by molar-refractivity contribution is 6.33. The van der Waals surface area contributed by atoms with Crippen molar-refractivity contribution in [2.75, 3.05) is 0 Å². The molecule has 0 nitrogen and oxygen atoms in total. The predicted molar refractivity (Wildman–Crippen MR) is 28.9 cm³/mol. The van der Waals surface area contributed by atoms with E-state index in [-0.39, 0.29) is 0 Å². The maximum absolute atomic E-state index is 12.3. The fourth-order valence-electron chi connectivity index (χ4n) is 0.587. The maximum atomic E-state index is 12.3. The van der Waals surface area contributed by atoms with Crippen molar-refractivity contribution in [1.82, 2.24) is 0 Å². The van der Waals surface area contributed by atoms with Crippen LogP contribution in [0, 0.1) is 0 Å². The summed E-state index contributed by atoms with van der Waals surface area (Å²) in [6.45, 7) is 0. The maximum Gasteiger partial charge on any atom is 0.298 e. The highest BCUT2D eigenvalue weighted by Crippen LogP contribution is 2.55. The largest absolute Gasteiger partial charge is 0.298 e. The minimum absolute atomic E-state index is 0.672. The summed E-state index contributed by atoms with van der Waals surface area (Å²) in [5.41, 5.74) is 0. The van der Waals surface area contributed by atoms with Gasteiger partial charge in [0.2, 0.25) is 0 Å². The summed E-state index contributed by atoms with van der Waals surface area (Å²) in [6, 6.07) is 0. The van der Waals surface area contributed by atoms with Crippen LogP contribution >= 0.6 is 23.2 Å². The van der Waals surface area contributed by atoms with Crippen LogP contribution in [0.2, 0.25) is 0 Å². The molecule has 0 amide bonds. The first kappa shape index (κ1) is 7.48. The van der Waals surface area contributed by atoms with E-state index in [2.05, 4.69) is 0 Å². The van der Waals surface area contributed by atoms with Gasteiger partial charge in [0.1, 0.15) is 0 Å². The molecule has 1 aliphatic carbocycles. The lowest BCUT2D eigenvalue weighted by atomic mass is 9.91. The Morgan fingerprint density at radius 2 is 1.78 bits per heavy atom. The summed E-state index contributed by atoms with van der Waals surface area (Å²) in [6.07, 6.45) is -0.672. The molecule has 0 aromatic heterocycles. The number of hydrogen-bond acceptors (Lipinski definition) is 0. The first-order valence-corrected chi connectivity index (χ1v) is 3.09. The first-order chi connectivity index (χ1) is 3.88. The Bertz CT molecular complexity index is 134. The first-order valence-electron chi connectivity index (χ1n) is 2.27. The molecule has 0 aliphatic heterocycles. The second-order valence-electron chi connectivity index (χ2n) is 2.00. The van der Waals surface area contributed by atoms with Crippen molar-refractivity contribution < 1.29 is 13.2 Å². The normalized spacial score (nSPS) is 48.3. The third kappa shape index (κ3) is 0.819. The average molecular weight is 179 g/mol. The van der Waals surface area contributed by atoms with Crippen LogP contribution in [0.3, 0.4) is 0 Å². The van der Waals surface area contributed by atoms with Crippen molar-refractivity contribution in [3.63, 3.8) is 0 Å². The Balaban J connectivity index is 2.70. The van der Waals surface area contributed by atoms with Gasteiger partial charge >= 0.3 is 0 Å². The van der Waals surface area contributed by atoms with E-state index in [1.54, 1.807) is 0 Å². The Hall–Kier alpha value is 0.370. The quantitative estimate of drug-likeness (QED) is 0.501. The monoisotopic (exact) mass is 178 g/mol. The Kier molecular flexibility index (Phi) is 1.41. The van der Waals surface area contributed by atoms with Gasteiger partial charge in [0.05, 0.1) is 5.38 Å². The molecule has 5 heteroatoms. The van der Waals surface area contributed by atoms with Gasteiger partial charge < -0.3 is 0 Å². The molecule has 1 rings (SSSR count). The molecule has 54 valence electrons. The molecule has 0 aromatic carbocycles. The zero-order valence-electron chi connectivity index (χ0n) is 4.17. The predicted octanol–water partition coefficient (Wildman–Crippen LogP) is 2.54. The summed E-state index contributed by atoms with van der Waals surface area (Å²) >= 11 is 9.74.